The lowest BCUT2D eigenvalue weighted by atomic mass is 10.2. The van der Waals surface area contributed by atoms with Gasteiger partial charge in [0.05, 0.1) is 5.56 Å². The van der Waals surface area contributed by atoms with Crippen LogP contribution in [0.3, 0.4) is 0 Å². The Kier molecular flexibility index (Phi) is 3.42. The zero-order chi connectivity index (χ0) is 13.2. The van der Waals surface area contributed by atoms with Crippen LogP contribution in [0.5, 0.6) is 0 Å². The van der Waals surface area contributed by atoms with Gasteiger partial charge in [-0.25, -0.2) is 0 Å². The standard InChI is InChI=1S/C10H7ClF3N3O/c11-5-8-16-17-9(18-8)15-7-3-1-2-6(4-7)10(12,13)14/h1-4H,5H2,(H,15,17). The van der Waals surface area contributed by atoms with Crippen molar-refractivity contribution in [3.05, 3.63) is 35.7 Å². The maximum atomic E-state index is 12.5. The van der Waals surface area contributed by atoms with Crippen LogP contribution in [0.25, 0.3) is 0 Å². The van der Waals surface area contributed by atoms with Crippen LogP contribution in [0.1, 0.15) is 11.5 Å². The molecule has 0 atom stereocenters. The van der Waals surface area contributed by atoms with E-state index in [0.717, 1.165) is 12.1 Å². The minimum Gasteiger partial charge on any atom is -0.407 e. The Morgan fingerprint density at radius 1 is 1.28 bits per heavy atom. The van der Waals surface area contributed by atoms with Crippen molar-refractivity contribution in [1.29, 1.82) is 0 Å². The van der Waals surface area contributed by atoms with Gasteiger partial charge in [-0.1, -0.05) is 11.2 Å². The van der Waals surface area contributed by atoms with Crippen LogP contribution >= 0.6 is 11.6 Å². The number of benzene rings is 1. The van der Waals surface area contributed by atoms with E-state index in [1.807, 2.05) is 0 Å². The minimum absolute atomic E-state index is 0.00928. The molecule has 2 rings (SSSR count). The Bertz CT molecular complexity index is 541. The SMILES string of the molecule is FC(F)(F)c1cccc(Nc2nnc(CCl)o2)c1. The van der Waals surface area contributed by atoms with Gasteiger partial charge in [-0.3, -0.25) is 0 Å². The van der Waals surface area contributed by atoms with Crippen LogP contribution in [-0.2, 0) is 12.1 Å². The van der Waals surface area contributed by atoms with Gasteiger partial charge in [0.15, 0.2) is 0 Å². The Morgan fingerprint density at radius 2 is 2.06 bits per heavy atom. The number of anilines is 2. The summed E-state index contributed by atoms with van der Waals surface area (Å²) >= 11 is 5.46. The van der Waals surface area contributed by atoms with E-state index < -0.39 is 11.7 Å². The second kappa shape index (κ2) is 4.85. The first-order valence-electron chi connectivity index (χ1n) is 4.81. The predicted octanol–water partition coefficient (Wildman–Crippen LogP) is 3.57. The zero-order valence-electron chi connectivity index (χ0n) is 8.83. The van der Waals surface area contributed by atoms with Crippen LogP contribution in [0.2, 0.25) is 0 Å². The van der Waals surface area contributed by atoms with Crippen LogP contribution in [0, 0.1) is 0 Å². The molecule has 0 aliphatic carbocycles. The van der Waals surface area contributed by atoms with Crippen molar-refractivity contribution in [3.8, 4) is 0 Å². The highest BCUT2D eigenvalue weighted by Gasteiger charge is 2.30. The first-order chi connectivity index (χ1) is 8.49. The van der Waals surface area contributed by atoms with E-state index in [1.54, 1.807) is 0 Å². The highest BCUT2D eigenvalue weighted by atomic mass is 35.5. The molecule has 1 heterocycles. The molecule has 1 aromatic heterocycles. The van der Waals surface area contributed by atoms with Gasteiger partial charge < -0.3 is 9.73 Å². The van der Waals surface area contributed by atoms with Gasteiger partial charge in [0.25, 0.3) is 0 Å². The van der Waals surface area contributed by atoms with Crippen molar-refractivity contribution in [1.82, 2.24) is 10.2 Å². The largest absolute Gasteiger partial charge is 0.416 e. The summed E-state index contributed by atoms with van der Waals surface area (Å²) in [6.07, 6.45) is -4.40. The number of alkyl halides is 4. The van der Waals surface area contributed by atoms with Gasteiger partial charge in [-0.2, -0.15) is 13.2 Å². The third-order valence-corrected chi connectivity index (χ3v) is 2.25. The Morgan fingerprint density at radius 3 is 2.67 bits per heavy atom. The summed E-state index contributed by atoms with van der Waals surface area (Å²) < 4.78 is 42.4. The van der Waals surface area contributed by atoms with Crippen molar-refractivity contribution < 1.29 is 17.6 Å². The fraction of sp³-hybridized carbons (Fsp3) is 0.200. The lowest BCUT2D eigenvalue weighted by Crippen LogP contribution is -2.05. The molecule has 0 unspecified atom stereocenters. The normalized spacial score (nSPS) is 11.6. The van der Waals surface area contributed by atoms with E-state index in [4.69, 9.17) is 16.0 Å². The molecule has 18 heavy (non-hydrogen) atoms. The number of hydrogen-bond donors (Lipinski definition) is 1. The Labute approximate surface area is 105 Å². The molecule has 96 valence electrons. The van der Waals surface area contributed by atoms with E-state index >= 15 is 0 Å². The van der Waals surface area contributed by atoms with Crippen molar-refractivity contribution in [2.45, 2.75) is 12.1 Å². The maximum Gasteiger partial charge on any atom is 0.416 e. The number of hydrogen-bond acceptors (Lipinski definition) is 4. The highest BCUT2D eigenvalue weighted by molar-refractivity contribution is 6.16. The molecule has 0 radical (unpaired) electrons. The molecule has 0 amide bonds. The predicted molar refractivity (Wildman–Crippen MR) is 58.6 cm³/mol. The lowest BCUT2D eigenvalue weighted by molar-refractivity contribution is -0.137. The quantitative estimate of drug-likeness (QED) is 0.872. The molecule has 0 saturated carbocycles. The number of rotatable bonds is 3. The van der Waals surface area contributed by atoms with Crippen molar-refractivity contribution in [2.75, 3.05) is 5.32 Å². The summed E-state index contributed by atoms with van der Waals surface area (Å²) in [5.41, 5.74) is -0.556. The zero-order valence-corrected chi connectivity index (χ0v) is 9.59. The summed E-state index contributed by atoms with van der Waals surface area (Å²) in [6.45, 7) is 0. The number of nitrogens with zero attached hydrogens (tertiary/aromatic N) is 2. The molecule has 8 heteroatoms. The minimum atomic E-state index is -4.40. The lowest BCUT2D eigenvalue weighted by Gasteiger charge is -2.08. The molecule has 4 nitrogen and oxygen atoms in total. The summed E-state index contributed by atoms with van der Waals surface area (Å²) in [4.78, 5) is 0. The first-order valence-corrected chi connectivity index (χ1v) is 5.35. The summed E-state index contributed by atoms with van der Waals surface area (Å²) in [5, 5.41) is 9.72. The fourth-order valence-corrected chi connectivity index (χ4v) is 1.36. The molecule has 1 N–H and O–H groups in total. The molecule has 0 aliphatic heterocycles. The van der Waals surface area contributed by atoms with E-state index in [9.17, 15) is 13.2 Å². The van der Waals surface area contributed by atoms with Gasteiger partial charge in [0.2, 0.25) is 5.89 Å². The molecule has 1 aromatic carbocycles. The summed E-state index contributed by atoms with van der Waals surface area (Å²) in [7, 11) is 0. The van der Waals surface area contributed by atoms with E-state index in [1.165, 1.54) is 12.1 Å². The van der Waals surface area contributed by atoms with Crippen molar-refractivity contribution in [3.63, 3.8) is 0 Å². The monoisotopic (exact) mass is 277 g/mol. The maximum absolute atomic E-state index is 12.5. The molecular formula is C10H7ClF3N3O. The molecule has 0 saturated heterocycles. The molecule has 2 aromatic rings. The van der Waals surface area contributed by atoms with E-state index in [2.05, 4.69) is 15.5 Å². The van der Waals surface area contributed by atoms with E-state index in [0.29, 0.717) is 0 Å². The second-order valence-electron chi connectivity index (χ2n) is 3.34. The van der Waals surface area contributed by atoms with Crippen LogP contribution in [0.15, 0.2) is 28.7 Å². The van der Waals surface area contributed by atoms with Crippen LogP contribution < -0.4 is 5.32 Å². The smallest absolute Gasteiger partial charge is 0.407 e. The van der Waals surface area contributed by atoms with Crippen LogP contribution in [-0.4, -0.2) is 10.2 Å². The molecule has 0 spiro atoms. The van der Waals surface area contributed by atoms with Gasteiger partial charge in [-0.15, -0.1) is 16.7 Å². The van der Waals surface area contributed by atoms with E-state index in [-0.39, 0.29) is 23.5 Å². The second-order valence-corrected chi connectivity index (χ2v) is 3.61. The molecule has 0 aliphatic rings. The number of nitrogens with one attached hydrogen (secondary N) is 1. The average molecular weight is 278 g/mol. The third-order valence-electron chi connectivity index (χ3n) is 2.02. The summed E-state index contributed by atoms with van der Waals surface area (Å²) in [5.74, 6) is 0.225. The van der Waals surface area contributed by atoms with Gasteiger partial charge in [-0.05, 0) is 18.2 Å². The number of halogens is 4. The Hall–Kier alpha value is -1.76. The molecule has 0 fully saturated rings. The fourth-order valence-electron chi connectivity index (χ4n) is 1.25. The van der Waals surface area contributed by atoms with Gasteiger partial charge >= 0.3 is 12.2 Å². The van der Waals surface area contributed by atoms with Gasteiger partial charge in [0, 0.05) is 5.69 Å². The van der Waals surface area contributed by atoms with Crippen LogP contribution in [0.4, 0.5) is 24.9 Å². The van der Waals surface area contributed by atoms with Gasteiger partial charge in [0.1, 0.15) is 5.88 Å². The average Bonchev–Trinajstić information content (AvgIpc) is 2.76. The molecular weight excluding hydrogens is 271 g/mol. The summed E-state index contributed by atoms with van der Waals surface area (Å²) in [6, 6.07) is 4.65. The third kappa shape index (κ3) is 2.92. The van der Waals surface area contributed by atoms with Crippen molar-refractivity contribution >= 4 is 23.3 Å². The first kappa shape index (κ1) is 12.7. The molecule has 0 bridgehead atoms. The Balaban J connectivity index is 2.19. The number of aromatic nitrogens is 2. The highest BCUT2D eigenvalue weighted by Crippen LogP contribution is 2.31. The topological polar surface area (TPSA) is 51.0 Å². The van der Waals surface area contributed by atoms with Crippen molar-refractivity contribution in [2.24, 2.45) is 0 Å².